The molecule has 9 bridgehead atoms. The van der Waals surface area contributed by atoms with Crippen LogP contribution in [0.1, 0.15) is 152 Å². The Bertz CT molecular complexity index is 3620. The van der Waals surface area contributed by atoms with Crippen LogP contribution in [0.2, 0.25) is 0 Å². The fourth-order valence-electron chi connectivity index (χ4n) is 29.2. The zero-order chi connectivity index (χ0) is 61.3. The average Bonchev–Trinajstić information content (AvgIpc) is 1.44. The van der Waals surface area contributed by atoms with Gasteiger partial charge in [0, 0.05) is 47.2 Å². The molecule has 20 rings (SSSR count). The van der Waals surface area contributed by atoms with E-state index in [1.807, 2.05) is 6.26 Å². The molecule has 0 radical (unpaired) electrons. The molecule has 1 aromatic carbocycles. The van der Waals surface area contributed by atoms with Gasteiger partial charge in [0.05, 0.1) is 54.4 Å². The number of nitrogens with one attached hydrogen (secondary N) is 1. The number of carbonyl (C=O) groups is 3. The largest absolute Gasteiger partial charge is 0.469 e. The maximum atomic E-state index is 17.9. The van der Waals surface area contributed by atoms with Crippen LogP contribution in [0.15, 0.2) is 77.1 Å². The summed E-state index contributed by atoms with van der Waals surface area (Å²) in [5.74, 6) is 6.90. The Morgan fingerprint density at radius 2 is 1.75 bits per heavy atom. The number of benzene rings is 1. The van der Waals surface area contributed by atoms with Gasteiger partial charge in [0.15, 0.2) is 17.5 Å². The van der Waals surface area contributed by atoms with E-state index in [1.165, 1.54) is 36.8 Å². The van der Waals surface area contributed by atoms with E-state index in [1.54, 1.807) is 0 Å². The van der Waals surface area contributed by atoms with Crippen molar-refractivity contribution in [2.24, 2.45) is 128 Å². The zero-order valence-corrected chi connectivity index (χ0v) is 53.6. The molecular weight excluding hydrogens is 1140 g/mol. The molecule has 8 heterocycles. The minimum atomic E-state index is -1.58. The predicted octanol–water partition coefficient (Wildman–Crippen LogP) is 9.98. The number of nitrogens with zero attached hydrogens (tertiary/aromatic N) is 1. The van der Waals surface area contributed by atoms with Crippen molar-refractivity contribution >= 4 is 17.7 Å². The topological polar surface area (TPSA) is 181 Å². The molecule has 13 fully saturated rings. The lowest BCUT2D eigenvalue weighted by Crippen LogP contribution is -2.84. The summed E-state index contributed by atoms with van der Waals surface area (Å²) in [4.78, 5) is 52.8. The van der Waals surface area contributed by atoms with Crippen LogP contribution in [-0.2, 0) is 58.2 Å². The van der Waals surface area contributed by atoms with Crippen LogP contribution in [0, 0.1) is 140 Å². The number of esters is 2. The molecule has 91 heavy (non-hydrogen) atoms. The molecule has 13 nitrogen and oxygen atoms in total. The van der Waals surface area contributed by atoms with Crippen LogP contribution >= 0.6 is 0 Å². The molecule has 7 aliphatic heterocycles. The van der Waals surface area contributed by atoms with Gasteiger partial charge in [0.25, 0.3) is 0 Å². The highest BCUT2D eigenvalue weighted by molar-refractivity contribution is 5.94. The summed E-state index contributed by atoms with van der Waals surface area (Å²) in [5.41, 5.74) is -5.12. The van der Waals surface area contributed by atoms with Gasteiger partial charge >= 0.3 is 11.9 Å². The first-order chi connectivity index (χ1) is 44.1. The molecule has 18 aliphatic rings. The highest BCUT2D eigenvalue weighted by Crippen LogP contribution is 2.91. The van der Waals surface area contributed by atoms with Gasteiger partial charge < -0.3 is 43.6 Å². The molecule has 1 aromatic heterocycles. The van der Waals surface area contributed by atoms with E-state index in [0.29, 0.717) is 79.9 Å². The van der Waals surface area contributed by atoms with Crippen molar-refractivity contribution < 1.29 is 53.1 Å². The summed E-state index contributed by atoms with van der Waals surface area (Å²) in [6, 6.07) is 11.2. The number of aryl methyl sites for hydroxylation is 1. The first-order valence-electron chi connectivity index (χ1n) is 36.6. The lowest BCUT2D eigenvalue weighted by Gasteiger charge is -2.74. The molecule has 6 spiro atoms. The number of hydrogen-bond acceptors (Lipinski definition) is 13. The number of epoxide rings is 1. The van der Waals surface area contributed by atoms with E-state index < -0.39 is 97.9 Å². The first-order valence-corrected chi connectivity index (χ1v) is 36.6. The highest BCUT2D eigenvalue weighted by atomic mass is 16.7. The van der Waals surface area contributed by atoms with Gasteiger partial charge in [-0.25, -0.2) is 4.79 Å². The van der Waals surface area contributed by atoms with E-state index in [2.05, 4.69) is 104 Å². The van der Waals surface area contributed by atoms with Crippen molar-refractivity contribution in [1.29, 1.82) is 0 Å². The number of allylic oxidation sites excluding steroid dienone is 3. The van der Waals surface area contributed by atoms with Crippen molar-refractivity contribution in [3.8, 4) is 11.8 Å². The molecule has 5 saturated heterocycles. The third-order valence-corrected chi connectivity index (χ3v) is 31.9. The summed E-state index contributed by atoms with van der Waals surface area (Å²) in [5, 5.41) is 42.2. The SMILES string of the molecule is CC1C(C2C=C3CC4CCCC45CC4CC6(C)C78OC(=O)C9OC96C6(C(O)C(=O)C9C2(C)OC32C5C(=O)OCC92C46)C2CC(Cc3ccccc3)CCC2C#CC7CCc2coc(CC(C(O)CO)C3CCC4C(C=CN5CNCC45)C3)c28)C=CC2CCCCC21. The number of fused-ring (bicyclic) bond motifs is 8. The van der Waals surface area contributed by atoms with Gasteiger partial charge in [-0.1, -0.05) is 99.6 Å². The number of ketones is 1. The number of rotatable bonds is 8. The summed E-state index contributed by atoms with van der Waals surface area (Å²) in [6.07, 6.45) is 27.9. The smallest absolute Gasteiger partial charge is 0.339 e. The van der Waals surface area contributed by atoms with Gasteiger partial charge in [-0.15, -0.1) is 0 Å². The first kappa shape index (κ1) is 56.8. The van der Waals surface area contributed by atoms with E-state index in [4.69, 9.17) is 23.4 Å². The van der Waals surface area contributed by atoms with Gasteiger partial charge in [-0.3, -0.25) is 14.9 Å². The predicted molar refractivity (Wildman–Crippen MR) is 334 cm³/mol. The normalized spacial score (nSPS) is 53.6. The lowest BCUT2D eigenvalue weighted by atomic mass is 9.28. The summed E-state index contributed by atoms with van der Waals surface area (Å²) in [6.45, 7) is 8.51. The maximum absolute atomic E-state index is 17.9. The quantitative estimate of drug-likeness (QED) is 0.0850. The van der Waals surface area contributed by atoms with Crippen molar-refractivity contribution in [2.45, 2.75) is 196 Å². The Labute approximate surface area is 536 Å². The Morgan fingerprint density at radius 3 is 2.62 bits per heavy atom. The Kier molecular flexibility index (Phi) is 11.8. The third kappa shape index (κ3) is 6.51. The number of carbonyl (C=O) groups excluding carboxylic acids is 3. The number of cyclic esters (lactones) is 1. The van der Waals surface area contributed by atoms with Crippen LogP contribution in [0.4, 0.5) is 0 Å². The van der Waals surface area contributed by atoms with Crippen LogP contribution in [0.3, 0.4) is 0 Å². The van der Waals surface area contributed by atoms with E-state index >= 15 is 19.5 Å². The molecule has 11 aliphatic carbocycles. The number of ether oxygens (including phenoxy) is 4. The van der Waals surface area contributed by atoms with Crippen molar-refractivity contribution in [3.63, 3.8) is 0 Å². The number of aliphatic hydroxyl groups excluding tert-OH is 3. The average molecular weight is 1240 g/mol. The van der Waals surface area contributed by atoms with Gasteiger partial charge in [-0.05, 0) is 215 Å². The van der Waals surface area contributed by atoms with Crippen molar-refractivity contribution in [1.82, 2.24) is 10.2 Å². The van der Waals surface area contributed by atoms with E-state index in [0.717, 1.165) is 88.5 Å². The molecule has 30 unspecified atom stereocenters. The second kappa shape index (κ2) is 18.9. The number of furan rings is 1. The van der Waals surface area contributed by atoms with Gasteiger partial charge in [0.1, 0.15) is 29.7 Å². The zero-order valence-electron chi connectivity index (χ0n) is 53.6. The Balaban J connectivity index is 0.814. The summed E-state index contributed by atoms with van der Waals surface area (Å²) >= 11 is 0. The number of Topliss-reactive ketones (excluding diaryl/α,β-unsaturated/α-hetero) is 1. The highest BCUT2D eigenvalue weighted by Gasteiger charge is 3.00. The minimum absolute atomic E-state index is 0.0146. The lowest BCUT2D eigenvalue weighted by molar-refractivity contribution is -0.320. The third-order valence-electron chi connectivity index (χ3n) is 31.9. The monoisotopic (exact) mass is 1230 g/mol. The summed E-state index contributed by atoms with van der Waals surface area (Å²) < 4.78 is 38.3. The molecule has 13 heteroatoms. The fourth-order valence-corrected chi connectivity index (χ4v) is 29.2. The second-order valence-electron chi connectivity index (χ2n) is 34.4. The molecule has 4 N–H and O–H groups in total. The molecule has 482 valence electrons. The van der Waals surface area contributed by atoms with Crippen LogP contribution < -0.4 is 5.32 Å². The standard InChI is InChI=1S/C78H94N2O11/c1-41-53-14-8-7-12-44(53)19-23-54(41)58-32-52-31-51-13-9-26-73(51)35-49-34-71(2)76-50(22-18-48-38-87-61(62(48)76)33-56(60(82)37-81)46-20-24-55-47(30-46)25-27-80-40-79-36-59(55)80)21-17-45-16-15-43(28-42-10-5-4-6-11-42)29-57(45)75(78(71)68(89-78)70(86)90-76)64(49)74-39-88-69(85)66(73)77(52,74)91-72(58,3)65(74)63(83)67(75)84/h4-6,10-11,19,23,25,27,32,38,41,43-47,49-51,53-60,64-68,79,81-82,84H,7-9,12-16,18,20,22,24,26,28-31,33-37,39-40H2,1-3H3. The van der Waals surface area contributed by atoms with E-state index in [-0.39, 0.29) is 72.3 Å². The minimum Gasteiger partial charge on any atom is -0.469 e. The van der Waals surface area contributed by atoms with Crippen molar-refractivity contribution in [2.75, 3.05) is 26.4 Å². The van der Waals surface area contributed by atoms with Gasteiger partial charge in [0.2, 0.25) is 0 Å². The van der Waals surface area contributed by atoms with Crippen LogP contribution in [0.25, 0.3) is 0 Å². The number of hydrogen-bond donors (Lipinski definition) is 4. The summed E-state index contributed by atoms with van der Waals surface area (Å²) in [7, 11) is 0. The molecular formula is C78H94N2O11. The van der Waals surface area contributed by atoms with Crippen LogP contribution in [-0.4, -0.2) is 106 Å². The van der Waals surface area contributed by atoms with E-state index in [9.17, 15) is 10.2 Å². The second-order valence-corrected chi connectivity index (χ2v) is 34.4. The van der Waals surface area contributed by atoms with Crippen molar-refractivity contribution in [3.05, 3.63) is 95.1 Å². The maximum Gasteiger partial charge on any atom is 0.339 e. The van der Waals surface area contributed by atoms with Crippen LogP contribution in [0.5, 0.6) is 0 Å². The molecule has 0 amide bonds. The Morgan fingerprint density at radius 1 is 0.879 bits per heavy atom. The van der Waals surface area contributed by atoms with Gasteiger partial charge in [-0.2, -0.15) is 0 Å². The molecule has 30 atom stereocenters. The molecule has 2 aromatic rings. The number of aliphatic hydroxyl groups is 3. The molecule has 8 saturated carbocycles. The fraction of sp³-hybridized carbons (Fsp3) is 0.731. The Hall–Kier alpha value is -4.55.